The van der Waals surface area contributed by atoms with Crippen LogP contribution in [0.3, 0.4) is 0 Å². The monoisotopic (exact) mass is 533 g/mol. The largest absolute Gasteiger partial charge is 0.353 e. The minimum atomic E-state index is -0.339. The van der Waals surface area contributed by atoms with Gasteiger partial charge < -0.3 is 4.90 Å². The summed E-state index contributed by atoms with van der Waals surface area (Å²) in [6.45, 7) is 8.03. The van der Waals surface area contributed by atoms with Crippen LogP contribution in [0.4, 0.5) is 11.5 Å². The van der Waals surface area contributed by atoms with Gasteiger partial charge in [-0.05, 0) is 37.1 Å². The van der Waals surface area contributed by atoms with Crippen molar-refractivity contribution in [3.05, 3.63) is 117 Å². The number of nitro groups is 1. The van der Waals surface area contributed by atoms with E-state index >= 15 is 0 Å². The zero-order valence-corrected chi connectivity index (χ0v) is 22.7. The highest BCUT2D eigenvalue weighted by atomic mass is 16.6. The second kappa shape index (κ2) is 10.9. The van der Waals surface area contributed by atoms with Crippen molar-refractivity contribution in [2.24, 2.45) is 0 Å². The number of para-hydroxylation sites is 1. The quantitative estimate of drug-likeness (QED) is 0.208. The van der Waals surface area contributed by atoms with Gasteiger partial charge in [0.15, 0.2) is 5.65 Å². The fraction of sp³-hybridized carbons (Fsp3) is 0.258. The van der Waals surface area contributed by atoms with E-state index in [1.54, 1.807) is 12.1 Å². The van der Waals surface area contributed by atoms with Crippen LogP contribution in [-0.4, -0.2) is 55.8 Å². The molecule has 0 N–H and O–H groups in total. The van der Waals surface area contributed by atoms with E-state index in [0.717, 1.165) is 65.8 Å². The minimum absolute atomic E-state index is 0.131. The topological polar surface area (TPSA) is 93.2 Å². The molecule has 0 unspecified atom stereocenters. The molecule has 2 aromatic heterocycles. The number of anilines is 1. The molecule has 9 heteroatoms. The van der Waals surface area contributed by atoms with E-state index in [-0.39, 0.29) is 10.6 Å². The van der Waals surface area contributed by atoms with E-state index in [2.05, 4.69) is 41.0 Å². The molecule has 1 aliphatic heterocycles. The Kier molecular flexibility index (Phi) is 6.96. The average molecular weight is 534 g/mol. The number of rotatable bonds is 7. The highest BCUT2D eigenvalue weighted by Crippen LogP contribution is 2.30. The van der Waals surface area contributed by atoms with Gasteiger partial charge >= 0.3 is 0 Å². The van der Waals surface area contributed by atoms with Crippen molar-refractivity contribution >= 4 is 22.5 Å². The van der Waals surface area contributed by atoms with Crippen molar-refractivity contribution in [2.75, 3.05) is 31.1 Å². The van der Waals surface area contributed by atoms with Crippen LogP contribution in [-0.2, 0) is 13.0 Å². The predicted molar refractivity (Wildman–Crippen MR) is 156 cm³/mol. The van der Waals surface area contributed by atoms with Gasteiger partial charge in [-0.15, -0.1) is 0 Å². The zero-order valence-electron chi connectivity index (χ0n) is 22.7. The Hall–Kier alpha value is -4.63. The highest BCUT2D eigenvalue weighted by Gasteiger charge is 2.25. The lowest BCUT2D eigenvalue weighted by molar-refractivity contribution is -0.384. The summed E-state index contributed by atoms with van der Waals surface area (Å²) in [6.07, 6.45) is 0.634. The Morgan fingerprint density at radius 1 is 0.850 bits per heavy atom. The number of nitrogens with zero attached hydrogens (tertiary/aromatic N) is 7. The summed E-state index contributed by atoms with van der Waals surface area (Å²) < 4.78 is 1.92. The first-order valence-electron chi connectivity index (χ1n) is 13.5. The third-order valence-electron chi connectivity index (χ3n) is 7.41. The number of piperazine rings is 1. The number of fused-ring (bicyclic) bond motifs is 1. The Morgan fingerprint density at radius 2 is 1.60 bits per heavy atom. The molecule has 0 atom stereocenters. The number of hydrogen-bond acceptors (Lipinski definition) is 7. The van der Waals surface area contributed by atoms with Crippen LogP contribution < -0.4 is 4.90 Å². The minimum Gasteiger partial charge on any atom is -0.353 e. The number of aryl methyl sites for hydroxylation is 2. The first kappa shape index (κ1) is 25.6. The molecular weight excluding hydrogens is 502 g/mol. The molecule has 3 aromatic carbocycles. The first-order chi connectivity index (χ1) is 19.4. The molecule has 5 aromatic rings. The molecule has 1 aliphatic rings. The van der Waals surface area contributed by atoms with Crippen LogP contribution in [0.2, 0.25) is 0 Å². The summed E-state index contributed by atoms with van der Waals surface area (Å²) in [5.41, 5.74) is 6.15. The Morgan fingerprint density at radius 3 is 2.33 bits per heavy atom. The third-order valence-corrected chi connectivity index (χ3v) is 7.41. The van der Waals surface area contributed by atoms with Crippen molar-refractivity contribution in [2.45, 2.75) is 26.8 Å². The second-order valence-corrected chi connectivity index (χ2v) is 10.3. The molecule has 0 spiro atoms. The Bertz CT molecular complexity index is 1660. The van der Waals surface area contributed by atoms with Crippen molar-refractivity contribution in [3.8, 4) is 5.69 Å². The molecule has 9 nitrogen and oxygen atoms in total. The van der Waals surface area contributed by atoms with Crippen molar-refractivity contribution in [3.63, 3.8) is 0 Å². The van der Waals surface area contributed by atoms with E-state index in [9.17, 15) is 10.1 Å². The van der Waals surface area contributed by atoms with Gasteiger partial charge in [0, 0.05) is 51.3 Å². The van der Waals surface area contributed by atoms with Gasteiger partial charge in [0.25, 0.3) is 5.69 Å². The molecule has 1 fully saturated rings. The maximum atomic E-state index is 11.2. The number of nitro benzene ring substituents is 1. The molecule has 0 saturated carbocycles. The van der Waals surface area contributed by atoms with Gasteiger partial charge in [-0.1, -0.05) is 60.2 Å². The summed E-state index contributed by atoms with van der Waals surface area (Å²) >= 11 is 0. The van der Waals surface area contributed by atoms with E-state index in [0.29, 0.717) is 13.0 Å². The van der Waals surface area contributed by atoms with E-state index in [4.69, 9.17) is 15.1 Å². The fourth-order valence-corrected chi connectivity index (χ4v) is 5.30. The van der Waals surface area contributed by atoms with E-state index in [1.165, 1.54) is 17.2 Å². The van der Waals surface area contributed by atoms with Crippen molar-refractivity contribution in [1.82, 2.24) is 24.6 Å². The van der Waals surface area contributed by atoms with Crippen LogP contribution in [0, 0.1) is 24.0 Å². The van der Waals surface area contributed by atoms with E-state index < -0.39 is 0 Å². The predicted octanol–water partition coefficient (Wildman–Crippen LogP) is 5.25. The summed E-state index contributed by atoms with van der Waals surface area (Å²) in [7, 11) is 0. The lowest BCUT2D eigenvalue weighted by Crippen LogP contribution is -2.46. The molecule has 40 heavy (non-hydrogen) atoms. The molecule has 0 amide bonds. The number of non-ortho nitro benzene ring substituents is 1. The number of benzene rings is 3. The lowest BCUT2D eigenvalue weighted by Gasteiger charge is -2.35. The first-order valence-corrected chi connectivity index (χ1v) is 13.5. The Balaban J connectivity index is 1.31. The smallest absolute Gasteiger partial charge is 0.269 e. The van der Waals surface area contributed by atoms with Gasteiger partial charge in [0.2, 0.25) is 0 Å². The van der Waals surface area contributed by atoms with Gasteiger partial charge in [-0.2, -0.15) is 5.10 Å². The highest BCUT2D eigenvalue weighted by molar-refractivity contribution is 5.91. The molecule has 202 valence electrons. The molecule has 3 heterocycles. The van der Waals surface area contributed by atoms with Gasteiger partial charge in [0.05, 0.1) is 21.7 Å². The molecule has 1 saturated heterocycles. The summed E-state index contributed by atoms with van der Waals surface area (Å²) in [5.74, 6) is 1.68. The summed E-state index contributed by atoms with van der Waals surface area (Å²) in [5, 5.41) is 17.1. The van der Waals surface area contributed by atoms with Gasteiger partial charge in [-0.25, -0.2) is 14.6 Å². The maximum absolute atomic E-state index is 11.2. The second-order valence-electron chi connectivity index (χ2n) is 10.3. The number of aromatic nitrogens is 4. The van der Waals surface area contributed by atoms with E-state index in [1.807, 2.05) is 48.0 Å². The van der Waals surface area contributed by atoms with Gasteiger partial charge in [0.1, 0.15) is 11.6 Å². The SMILES string of the molecule is Cc1ccc(Cc2nc(N3CCN(Cc4cccc([N+](=O)[O-])c4)CC3)c3c(C)nn(-c4ccccc4)c3n2)cc1. The molecule has 0 aliphatic carbocycles. The van der Waals surface area contributed by atoms with Crippen LogP contribution >= 0.6 is 0 Å². The molecule has 6 rings (SSSR count). The molecule has 0 radical (unpaired) electrons. The molecule has 0 bridgehead atoms. The average Bonchev–Trinajstić information content (AvgIpc) is 3.31. The number of hydrogen-bond donors (Lipinski definition) is 0. The standard InChI is InChI=1S/C31H31N7O2/c1-22-11-13-24(14-12-22)20-28-32-30(29-23(2)34-37(31(29)33-28)26-8-4-3-5-9-26)36-17-15-35(16-18-36)21-25-7-6-10-27(19-25)38(39)40/h3-14,19H,15-18,20-21H2,1-2H3. The van der Waals surface area contributed by atoms with Crippen LogP contribution in [0.1, 0.15) is 28.2 Å². The third kappa shape index (κ3) is 5.28. The fourth-order valence-electron chi connectivity index (χ4n) is 5.30. The van der Waals surface area contributed by atoms with Gasteiger partial charge in [-0.3, -0.25) is 15.0 Å². The normalized spacial score (nSPS) is 14.1. The van der Waals surface area contributed by atoms with Crippen molar-refractivity contribution < 1.29 is 4.92 Å². The molecular formula is C31H31N7O2. The van der Waals surface area contributed by atoms with Crippen LogP contribution in [0.25, 0.3) is 16.7 Å². The maximum Gasteiger partial charge on any atom is 0.269 e. The summed E-state index contributed by atoms with van der Waals surface area (Å²) in [6, 6.07) is 25.5. The van der Waals surface area contributed by atoms with Crippen LogP contribution in [0.5, 0.6) is 0 Å². The summed E-state index contributed by atoms with van der Waals surface area (Å²) in [4.78, 5) is 25.7. The zero-order chi connectivity index (χ0) is 27.6. The van der Waals surface area contributed by atoms with Crippen LogP contribution in [0.15, 0.2) is 78.9 Å². The van der Waals surface area contributed by atoms with Crippen molar-refractivity contribution in [1.29, 1.82) is 0 Å². The lowest BCUT2D eigenvalue weighted by atomic mass is 10.1. The Labute approximate surface area is 232 Å².